The van der Waals surface area contributed by atoms with Crippen LogP contribution in [0, 0.1) is 18.7 Å². The Bertz CT molecular complexity index is 1120. The molecule has 0 spiro atoms. The fourth-order valence-corrected chi connectivity index (χ4v) is 5.95. The molecule has 0 aliphatic carbocycles. The fourth-order valence-electron chi connectivity index (χ4n) is 4.23. The van der Waals surface area contributed by atoms with Crippen molar-refractivity contribution < 1.29 is 26.9 Å². The number of nitrogens with one attached hydrogen (secondary N) is 1. The largest absolute Gasteiger partial charge is 0.376 e. The average Bonchev–Trinajstić information content (AvgIpc) is 3.47. The van der Waals surface area contributed by atoms with E-state index in [0.29, 0.717) is 24.9 Å². The number of sulfonamides is 1. The molecule has 10 heteroatoms. The topological polar surface area (TPSA) is 102 Å². The minimum absolute atomic E-state index is 0.0311. The molecule has 8 nitrogen and oxygen atoms in total. The van der Waals surface area contributed by atoms with E-state index in [0.717, 1.165) is 19.4 Å². The number of benzene rings is 1. The van der Waals surface area contributed by atoms with Gasteiger partial charge >= 0.3 is 0 Å². The normalized spacial score (nSPS) is 20.5. The van der Waals surface area contributed by atoms with E-state index in [2.05, 4.69) is 10.5 Å². The summed E-state index contributed by atoms with van der Waals surface area (Å²) in [6, 6.07) is 6.17. The molecule has 1 aromatic carbocycles. The second kappa shape index (κ2) is 10.1. The summed E-state index contributed by atoms with van der Waals surface area (Å²) in [6.45, 7) is 3.23. The first-order valence-electron chi connectivity index (χ1n) is 11.1. The Labute approximate surface area is 192 Å². The van der Waals surface area contributed by atoms with Crippen LogP contribution in [0.3, 0.4) is 0 Å². The van der Waals surface area contributed by atoms with Gasteiger partial charge in [0, 0.05) is 37.7 Å². The van der Waals surface area contributed by atoms with Gasteiger partial charge in [-0.1, -0.05) is 23.4 Å². The lowest BCUT2D eigenvalue weighted by Crippen LogP contribution is -2.44. The van der Waals surface area contributed by atoms with Crippen LogP contribution >= 0.6 is 0 Å². The molecule has 2 aromatic rings. The lowest BCUT2D eigenvalue weighted by atomic mass is 9.97. The van der Waals surface area contributed by atoms with Gasteiger partial charge in [0.1, 0.15) is 11.5 Å². The molecule has 0 radical (unpaired) electrons. The number of piperidine rings is 1. The van der Waals surface area contributed by atoms with Crippen molar-refractivity contribution in [3.8, 4) is 0 Å². The highest BCUT2D eigenvalue weighted by Crippen LogP contribution is 2.29. The standard InChI is InChI=1S/C23H28FN3O5S/c1-16-22(21(32-26-16)9-8-17-5-2-3-7-20(17)24)33(29,30)27-12-10-18(11-13-27)23(28)25-15-19-6-4-14-31-19/h2-3,5,7-9,18-19H,4,6,10-15H2,1H3,(H,25,28)/b9-8+. The van der Waals surface area contributed by atoms with Crippen LogP contribution in [0.15, 0.2) is 33.7 Å². The number of hydrogen-bond acceptors (Lipinski definition) is 6. The molecule has 2 fully saturated rings. The molecule has 4 rings (SSSR count). The van der Waals surface area contributed by atoms with E-state index in [1.807, 2.05) is 0 Å². The third-order valence-electron chi connectivity index (χ3n) is 6.10. The van der Waals surface area contributed by atoms with Gasteiger partial charge in [-0.05, 0) is 50.8 Å². The number of nitrogens with zero attached hydrogens (tertiary/aromatic N) is 2. The molecule has 178 valence electrons. The van der Waals surface area contributed by atoms with Crippen molar-refractivity contribution in [2.75, 3.05) is 26.2 Å². The first kappa shape index (κ1) is 23.6. The smallest absolute Gasteiger partial charge is 0.248 e. The summed E-state index contributed by atoms with van der Waals surface area (Å²) in [4.78, 5) is 12.5. The van der Waals surface area contributed by atoms with Gasteiger partial charge in [0.25, 0.3) is 0 Å². The van der Waals surface area contributed by atoms with Crippen molar-refractivity contribution >= 4 is 28.1 Å². The predicted octanol–water partition coefficient (Wildman–Crippen LogP) is 2.99. The Morgan fingerprint density at radius 3 is 2.70 bits per heavy atom. The minimum atomic E-state index is -3.89. The van der Waals surface area contributed by atoms with E-state index >= 15 is 0 Å². The molecule has 1 atom stereocenters. The van der Waals surface area contributed by atoms with Crippen LogP contribution in [0.4, 0.5) is 4.39 Å². The fraction of sp³-hybridized carbons (Fsp3) is 0.478. The van der Waals surface area contributed by atoms with E-state index in [1.165, 1.54) is 22.5 Å². The van der Waals surface area contributed by atoms with Crippen LogP contribution in [-0.4, -0.2) is 56.1 Å². The number of aromatic nitrogens is 1. The van der Waals surface area contributed by atoms with Crippen molar-refractivity contribution in [3.63, 3.8) is 0 Å². The van der Waals surface area contributed by atoms with Crippen molar-refractivity contribution in [1.82, 2.24) is 14.8 Å². The highest BCUT2D eigenvalue weighted by atomic mass is 32.2. The number of aryl methyl sites for hydroxylation is 1. The van der Waals surface area contributed by atoms with Crippen molar-refractivity contribution in [2.45, 2.75) is 43.6 Å². The average molecular weight is 478 g/mol. The van der Waals surface area contributed by atoms with E-state index < -0.39 is 15.8 Å². The summed E-state index contributed by atoms with van der Waals surface area (Å²) < 4.78 is 52.7. The number of ether oxygens (including phenoxy) is 1. The third kappa shape index (κ3) is 5.34. The number of carbonyl (C=O) groups excluding carboxylic acids is 1. The molecular weight excluding hydrogens is 449 g/mol. The Morgan fingerprint density at radius 2 is 2.00 bits per heavy atom. The molecule has 1 amide bonds. The summed E-state index contributed by atoms with van der Waals surface area (Å²) >= 11 is 0. The summed E-state index contributed by atoms with van der Waals surface area (Å²) in [7, 11) is -3.89. The van der Waals surface area contributed by atoms with E-state index in [-0.39, 0.29) is 47.4 Å². The molecule has 2 aliphatic rings. The quantitative estimate of drug-likeness (QED) is 0.658. The molecule has 0 saturated carbocycles. The van der Waals surface area contributed by atoms with Gasteiger partial charge in [-0.15, -0.1) is 0 Å². The highest BCUT2D eigenvalue weighted by Gasteiger charge is 2.36. The summed E-state index contributed by atoms with van der Waals surface area (Å²) in [5.74, 6) is -0.666. The molecule has 2 aliphatic heterocycles. The predicted molar refractivity (Wildman–Crippen MR) is 120 cm³/mol. The second-order valence-corrected chi connectivity index (χ2v) is 10.2. The second-order valence-electron chi connectivity index (χ2n) is 8.37. The molecule has 1 unspecified atom stereocenters. The van der Waals surface area contributed by atoms with Crippen LogP contribution in [-0.2, 0) is 19.6 Å². The first-order chi connectivity index (χ1) is 15.9. The molecule has 1 N–H and O–H groups in total. The van der Waals surface area contributed by atoms with Crippen LogP contribution in [0.25, 0.3) is 12.2 Å². The number of amides is 1. The number of hydrogen-bond donors (Lipinski definition) is 1. The number of rotatable bonds is 7. The SMILES string of the molecule is Cc1noc(/C=C/c2ccccc2F)c1S(=O)(=O)N1CCC(C(=O)NCC2CCCO2)CC1. The van der Waals surface area contributed by atoms with Gasteiger partial charge in [-0.2, -0.15) is 4.31 Å². The Hall–Kier alpha value is -2.56. The third-order valence-corrected chi connectivity index (χ3v) is 8.16. The van der Waals surface area contributed by atoms with Crippen molar-refractivity contribution in [2.24, 2.45) is 5.92 Å². The molecule has 1 aromatic heterocycles. The Balaban J connectivity index is 1.41. The Morgan fingerprint density at radius 1 is 1.24 bits per heavy atom. The molecule has 2 saturated heterocycles. The summed E-state index contributed by atoms with van der Waals surface area (Å²) in [6.07, 6.45) is 5.76. The molecule has 3 heterocycles. The summed E-state index contributed by atoms with van der Waals surface area (Å²) in [5.41, 5.74) is 0.546. The molecule has 0 bridgehead atoms. The van der Waals surface area contributed by atoms with Crippen molar-refractivity contribution in [3.05, 3.63) is 47.1 Å². The van der Waals surface area contributed by atoms with E-state index in [4.69, 9.17) is 9.26 Å². The highest BCUT2D eigenvalue weighted by molar-refractivity contribution is 7.89. The number of halogens is 1. The maximum Gasteiger partial charge on any atom is 0.248 e. The van der Waals surface area contributed by atoms with Gasteiger partial charge in [-0.25, -0.2) is 12.8 Å². The number of carbonyl (C=O) groups is 1. The van der Waals surface area contributed by atoms with Crippen LogP contribution in [0.1, 0.15) is 42.7 Å². The zero-order chi connectivity index (χ0) is 23.4. The van der Waals surface area contributed by atoms with Crippen LogP contribution in [0.2, 0.25) is 0 Å². The zero-order valence-electron chi connectivity index (χ0n) is 18.5. The van der Waals surface area contributed by atoms with E-state index in [9.17, 15) is 17.6 Å². The van der Waals surface area contributed by atoms with Gasteiger partial charge in [0.05, 0.1) is 6.10 Å². The lowest BCUT2D eigenvalue weighted by molar-refractivity contribution is -0.126. The van der Waals surface area contributed by atoms with Crippen molar-refractivity contribution in [1.29, 1.82) is 0 Å². The van der Waals surface area contributed by atoms with Gasteiger partial charge in [-0.3, -0.25) is 4.79 Å². The van der Waals surface area contributed by atoms with Gasteiger partial charge < -0.3 is 14.6 Å². The summed E-state index contributed by atoms with van der Waals surface area (Å²) in [5, 5.41) is 6.75. The Kier molecular flexibility index (Phi) is 7.26. The first-order valence-corrected chi connectivity index (χ1v) is 12.6. The maximum absolute atomic E-state index is 13.9. The monoisotopic (exact) mass is 477 g/mol. The van der Waals surface area contributed by atoms with Crippen LogP contribution < -0.4 is 5.32 Å². The minimum Gasteiger partial charge on any atom is -0.376 e. The van der Waals surface area contributed by atoms with Gasteiger partial charge in [0.15, 0.2) is 10.7 Å². The maximum atomic E-state index is 13.9. The van der Waals surface area contributed by atoms with Gasteiger partial charge in [0.2, 0.25) is 15.9 Å². The molecular formula is C23H28FN3O5S. The zero-order valence-corrected chi connectivity index (χ0v) is 19.3. The van der Waals surface area contributed by atoms with E-state index in [1.54, 1.807) is 25.1 Å². The lowest BCUT2D eigenvalue weighted by Gasteiger charge is -2.30. The molecule has 33 heavy (non-hydrogen) atoms. The van der Waals surface area contributed by atoms with Crippen LogP contribution in [0.5, 0.6) is 0 Å².